The maximum atomic E-state index is 13.3. The van der Waals surface area contributed by atoms with E-state index >= 15 is 0 Å². The monoisotopic (exact) mass is 559 g/mol. The average Bonchev–Trinajstić information content (AvgIpc) is 3.33. The van der Waals surface area contributed by atoms with Crippen LogP contribution in [0.4, 0.5) is 0 Å². The van der Waals surface area contributed by atoms with E-state index in [9.17, 15) is 29.1 Å². The number of benzene rings is 1. The molecule has 11 heteroatoms. The molecule has 40 heavy (non-hydrogen) atoms. The highest BCUT2D eigenvalue weighted by atomic mass is 16.3. The summed E-state index contributed by atoms with van der Waals surface area (Å²) in [5.41, 5.74) is -4.69. The first-order valence-corrected chi connectivity index (χ1v) is 13.6. The Morgan fingerprint density at radius 3 is 1.70 bits per heavy atom. The molecule has 0 heterocycles. The fourth-order valence-electron chi connectivity index (χ4n) is 4.64. The molecule has 1 aromatic rings. The Morgan fingerprint density at radius 1 is 0.800 bits per heavy atom. The number of aliphatic hydroxyl groups is 1. The molecule has 0 saturated heterocycles. The zero-order chi connectivity index (χ0) is 30.5. The van der Waals surface area contributed by atoms with Crippen molar-refractivity contribution in [3.63, 3.8) is 0 Å². The van der Waals surface area contributed by atoms with E-state index < -0.39 is 58.3 Å². The van der Waals surface area contributed by atoms with Crippen molar-refractivity contribution in [3.05, 3.63) is 35.9 Å². The maximum absolute atomic E-state index is 13.3. The molecule has 1 aliphatic carbocycles. The van der Waals surface area contributed by atoms with Gasteiger partial charge in [-0.25, -0.2) is 0 Å². The number of aliphatic hydroxyl groups excluding tert-OH is 1. The summed E-state index contributed by atoms with van der Waals surface area (Å²) in [6.07, 6.45) is 2.65. The summed E-state index contributed by atoms with van der Waals surface area (Å²) in [5, 5.41) is 20.7. The lowest BCUT2D eigenvalue weighted by Crippen LogP contribution is -2.68. The first-order valence-electron chi connectivity index (χ1n) is 13.6. The number of rotatable bonds is 11. The van der Waals surface area contributed by atoms with Crippen LogP contribution in [-0.2, 0) is 24.0 Å². The Kier molecular flexibility index (Phi) is 10.1. The smallest absolute Gasteiger partial charge is 0.247 e. The number of amides is 5. The van der Waals surface area contributed by atoms with E-state index in [1.807, 2.05) is 0 Å². The molecule has 1 saturated carbocycles. The largest absolute Gasteiger partial charge is 0.395 e. The number of carbonyl (C=O) groups is 5. The third-order valence-electron chi connectivity index (χ3n) is 7.32. The summed E-state index contributed by atoms with van der Waals surface area (Å²) in [7, 11) is 3.28. The second kappa shape index (κ2) is 12.4. The molecular formula is C29H45N5O6. The molecule has 2 rings (SSSR count). The normalized spacial score (nSPS) is 15.9. The van der Waals surface area contributed by atoms with Gasteiger partial charge in [0.2, 0.25) is 29.5 Å². The highest BCUT2D eigenvalue weighted by Crippen LogP contribution is 2.31. The van der Waals surface area contributed by atoms with Gasteiger partial charge in [0.15, 0.2) is 0 Å². The van der Waals surface area contributed by atoms with Gasteiger partial charge < -0.3 is 31.3 Å². The van der Waals surface area contributed by atoms with Crippen molar-refractivity contribution < 1.29 is 29.1 Å². The van der Waals surface area contributed by atoms with E-state index in [2.05, 4.69) is 21.3 Å². The second-order valence-corrected chi connectivity index (χ2v) is 12.4. The molecule has 0 spiro atoms. The van der Waals surface area contributed by atoms with E-state index in [4.69, 9.17) is 0 Å². The molecule has 5 N–H and O–H groups in total. The minimum absolute atomic E-state index is 0.187. The van der Waals surface area contributed by atoms with Crippen LogP contribution in [0.1, 0.15) is 78.7 Å². The number of hydrogen-bond acceptors (Lipinski definition) is 6. The third-order valence-corrected chi connectivity index (χ3v) is 7.32. The Morgan fingerprint density at radius 2 is 1.25 bits per heavy atom. The predicted octanol–water partition coefficient (Wildman–Crippen LogP) is 0.964. The SMILES string of the molecule is CN(C)C(=O)C1(NC(=O)C(C)(C)NC(=O)C(C)(C)NC(=O)C(C)(C)NC(=O)[C@@H](CO)c2ccccc2)CCCC1. The van der Waals surface area contributed by atoms with Gasteiger partial charge in [0.25, 0.3) is 0 Å². The molecule has 0 unspecified atom stereocenters. The lowest BCUT2D eigenvalue weighted by molar-refractivity contribution is -0.143. The molecule has 5 amide bonds. The topological polar surface area (TPSA) is 157 Å². The van der Waals surface area contributed by atoms with Crippen molar-refractivity contribution in [2.75, 3.05) is 20.7 Å². The summed E-state index contributed by atoms with van der Waals surface area (Å²) in [6, 6.07) is 8.72. The molecule has 0 aliphatic heterocycles. The van der Waals surface area contributed by atoms with Crippen LogP contribution in [0.2, 0.25) is 0 Å². The molecule has 0 bridgehead atoms. The molecule has 0 aromatic heterocycles. The lowest BCUT2D eigenvalue weighted by Gasteiger charge is -2.37. The van der Waals surface area contributed by atoms with Gasteiger partial charge in [-0.05, 0) is 59.9 Å². The van der Waals surface area contributed by atoms with Crippen molar-refractivity contribution in [3.8, 4) is 0 Å². The van der Waals surface area contributed by atoms with E-state index in [0.717, 1.165) is 12.8 Å². The van der Waals surface area contributed by atoms with Crippen molar-refractivity contribution >= 4 is 29.5 Å². The molecule has 1 aliphatic rings. The van der Waals surface area contributed by atoms with Crippen LogP contribution in [0.3, 0.4) is 0 Å². The Bertz CT molecular complexity index is 1110. The molecule has 222 valence electrons. The van der Waals surface area contributed by atoms with E-state index in [0.29, 0.717) is 18.4 Å². The molecule has 1 fully saturated rings. The van der Waals surface area contributed by atoms with Gasteiger partial charge in [-0.2, -0.15) is 0 Å². The van der Waals surface area contributed by atoms with E-state index in [-0.39, 0.29) is 5.91 Å². The Labute approximate surface area is 236 Å². The van der Waals surface area contributed by atoms with Crippen LogP contribution in [0.15, 0.2) is 30.3 Å². The van der Waals surface area contributed by atoms with Gasteiger partial charge in [0.05, 0.1) is 12.5 Å². The highest BCUT2D eigenvalue weighted by molar-refractivity contribution is 6.00. The van der Waals surface area contributed by atoms with Gasteiger partial charge in [-0.15, -0.1) is 0 Å². The molecule has 0 radical (unpaired) electrons. The third kappa shape index (κ3) is 7.59. The van der Waals surface area contributed by atoms with Crippen LogP contribution < -0.4 is 21.3 Å². The Balaban J connectivity index is 2.08. The fourth-order valence-corrected chi connectivity index (χ4v) is 4.64. The van der Waals surface area contributed by atoms with Crippen molar-refractivity contribution in [2.45, 2.75) is 95.3 Å². The highest BCUT2D eigenvalue weighted by Gasteiger charge is 2.47. The maximum Gasteiger partial charge on any atom is 0.247 e. The quantitative estimate of drug-likeness (QED) is 0.272. The van der Waals surface area contributed by atoms with Crippen molar-refractivity contribution in [2.24, 2.45) is 0 Å². The van der Waals surface area contributed by atoms with Gasteiger partial charge in [-0.1, -0.05) is 43.2 Å². The summed E-state index contributed by atoms with van der Waals surface area (Å²) < 4.78 is 0. The second-order valence-electron chi connectivity index (χ2n) is 12.4. The summed E-state index contributed by atoms with van der Waals surface area (Å²) >= 11 is 0. The van der Waals surface area contributed by atoms with Gasteiger partial charge >= 0.3 is 0 Å². The summed E-state index contributed by atoms with van der Waals surface area (Å²) in [6.45, 7) is 8.58. The van der Waals surface area contributed by atoms with E-state index in [1.165, 1.54) is 46.4 Å². The van der Waals surface area contributed by atoms with Crippen LogP contribution in [0.25, 0.3) is 0 Å². The van der Waals surface area contributed by atoms with Crippen molar-refractivity contribution in [1.29, 1.82) is 0 Å². The van der Waals surface area contributed by atoms with Crippen LogP contribution in [0, 0.1) is 0 Å². The molecule has 1 atom stereocenters. The van der Waals surface area contributed by atoms with Gasteiger partial charge in [0, 0.05) is 14.1 Å². The minimum Gasteiger partial charge on any atom is -0.395 e. The number of carbonyl (C=O) groups excluding carboxylic acids is 5. The predicted molar refractivity (Wildman–Crippen MR) is 151 cm³/mol. The fraction of sp³-hybridized carbons (Fsp3) is 0.621. The van der Waals surface area contributed by atoms with Gasteiger partial charge in [0.1, 0.15) is 22.2 Å². The summed E-state index contributed by atoms with van der Waals surface area (Å²) in [4.78, 5) is 67.0. The van der Waals surface area contributed by atoms with Crippen LogP contribution in [-0.4, -0.2) is 82.4 Å². The zero-order valence-electron chi connectivity index (χ0n) is 24.9. The van der Waals surface area contributed by atoms with Crippen LogP contribution >= 0.6 is 0 Å². The first-order chi connectivity index (χ1) is 18.4. The average molecular weight is 560 g/mol. The van der Waals surface area contributed by atoms with Gasteiger partial charge in [-0.3, -0.25) is 24.0 Å². The molecule has 11 nitrogen and oxygen atoms in total. The van der Waals surface area contributed by atoms with E-state index in [1.54, 1.807) is 44.4 Å². The number of likely N-dealkylation sites (N-methyl/N-ethyl adjacent to an activating group) is 1. The summed E-state index contributed by atoms with van der Waals surface area (Å²) in [5.74, 6) is -3.36. The number of hydrogen-bond donors (Lipinski definition) is 5. The number of nitrogens with zero attached hydrogens (tertiary/aromatic N) is 1. The molecule has 1 aromatic carbocycles. The molecular weight excluding hydrogens is 514 g/mol. The standard InChI is InChI=1S/C29H45N5O6/c1-26(2,30-21(36)20(18-35)19-14-10-9-11-15-19)22(37)31-27(3,4)23(38)32-28(5,6)24(39)33-29(16-12-13-17-29)25(40)34(7)8/h9-11,14-15,20,35H,12-13,16-18H2,1-8H3,(H,30,36)(H,31,37)(H,32,38)(H,33,39)/t20-/m0/s1. The van der Waals surface area contributed by atoms with Crippen LogP contribution in [0.5, 0.6) is 0 Å². The Hall–Kier alpha value is -3.47. The minimum atomic E-state index is -1.46. The van der Waals surface area contributed by atoms with Crippen molar-refractivity contribution in [1.82, 2.24) is 26.2 Å². The lowest BCUT2D eigenvalue weighted by atomic mass is 9.92. The first kappa shape index (κ1) is 32.7. The zero-order valence-corrected chi connectivity index (χ0v) is 24.9. The number of nitrogens with one attached hydrogen (secondary N) is 4.